The normalized spacial score (nSPS) is 11.3. The van der Waals surface area contributed by atoms with Crippen molar-refractivity contribution >= 4 is 33.3 Å². The van der Waals surface area contributed by atoms with Crippen LogP contribution in [0, 0.1) is 6.92 Å². The quantitative estimate of drug-likeness (QED) is 0.618. The van der Waals surface area contributed by atoms with Crippen LogP contribution in [0.25, 0.3) is 0 Å². The van der Waals surface area contributed by atoms with Gasteiger partial charge in [0.05, 0.1) is 4.90 Å². The monoisotopic (exact) mass is 369 g/mol. The molecule has 9 heteroatoms. The number of nitrogens with one attached hydrogen (secondary N) is 3. The van der Waals surface area contributed by atoms with Crippen molar-refractivity contribution in [3.05, 3.63) is 41.2 Å². The van der Waals surface area contributed by atoms with E-state index in [2.05, 4.69) is 25.3 Å². The van der Waals surface area contributed by atoms with E-state index in [1.807, 2.05) is 6.92 Å². The molecule has 0 saturated heterocycles. The summed E-state index contributed by atoms with van der Waals surface area (Å²) in [6.07, 6.45) is 0. The van der Waals surface area contributed by atoms with Gasteiger partial charge in [0.1, 0.15) is 17.5 Å². The molecular weight excluding hydrogens is 350 g/mol. The highest BCUT2D eigenvalue weighted by Gasteiger charge is 2.13. The van der Waals surface area contributed by atoms with E-state index in [0.717, 1.165) is 12.4 Å². The average Bonchev–Trinajstić information content (AvgIpc) is 2.51. The van der Waals surface area contributed by atoms with Crippen LogP contribution in [0.3, 0.4) is 0 Å². The van der Waals surface area contributed by atoms with E-state index in [-0.39, 0.29) is 11.4 Å². The van der Waals surface area contributed by atoms with Gasteiger partial charge in [-0.3, -0.25) is 0 Å². The number of aromatic nitrogens is 2. The molecule has 1 aromatic carbocycles. The fourth-order valence-corrected chi connectivity index (χ4v) is 3.36. The minimum Gasteiger partial charge on any atom is -0.370 e. The molecule has 0 aliphatic carbocycles. The number of nitrogens with zero attached hydrogens (tertiary/aromatic N) is 2. The Morgan fingerprint density at radius 3 is 2.46 bits per heavy atom. The zero-order valence-electron chi connectivity index (χ0n) is 13.5. The molecule has 0 amide bonds. The lowest BCUT2D eigenvalue weighted by molar-refractivity contribution is 0.583. The fourth-order valence-electron chi connectivity index (χ4n) is 2.02. The van der Waals surface area contributed by atoms with Gasteiger partial charge in [0.15, 0.2) is 0 Å². The summed E-state index contributed by atoms with van der Waals surface area (Å²) in [4.78, 5) is 8.66. The van der Waals surface area contributed by atoms with Crippen molar-refractivity contribution in [2.75, 3.05) is 30.3 Å². The summed E-state index contributed by atoms with van der Waals surface area (Å²) in [6, 6.07) is 7.91. The van der Waals surface area contributed by atoms with E-state index >= 15 is 0 Å². The van der Waals surface area contributed by atoms with Crippen molar-refractivity contribution in [3.8, 4) is 0 Å². The Balaban J connectivity index is 1.91. The fraction of sp³-hybridized carbons (Fsp3) is 0.333. The highest BCUT2D eigenvalue weighted by atomic mass is 35.5. The molecule has 1 aromatic heterocycles. The molecule has 0 atom stereocenters. The number of anilines is 2. The molecular formula is C15H20ClN5O2S. The summed E-state index contributed by atoms with van der Waals surface area (Å²) >= 11 is 5.82. The van der Waals surface area contributed by atoms with Crippen LogP contribution in [0.1, 0.15) is 12.7 Å². The Labute approximate surface area is 146 Å². The zero-order valence-corrected chi connectivity index (χ0v) is 15.1. The number of benzene rings is 1. The summed E-state index contributed by atoms with van der Waals surface area (Å²) < 4.78 is 26.8. The van der Waals surface area contributed by atoms with Gasteiger partial charge >= 0.3 is 0 Å². The second-order valence-electron chi connectivity index (χ2n) is 5.00. The van der Waals surface area contributed by atoms with Gasteiger partial charge in [-0.1, -0.05) is 17.7 Å². The molecule has 0 aliphatic heterocycles. The molecule has 0 saturated carbocycles. The molecule has 2 aromatic rings. The van der Waals surface area contributed by atoms with Crippen LogP contribution in [0.15, 0.2) is 35.2 Å². The van der Waals surface area contributed by atoms with E-state index in [1.165, 1.54) is 12.1 Å². The van der Waals surface area contributed by atoms with Crippen LogP contribution in [-0.4, -0.2) is 38.0 Å². The van der Waals surface area contributed by atoms with E-state index in [4.69, 9.17) is 11.6 Å². The smallest absolute Gasteiger partial charge is 0.240 e. The third kappa shape index (κ3) is 5.33. The van der Waals surface area contributed by atoms with Crippen molar-refractivity contribution in [3.63, 3.8) is 0 Å². The van der Waals surface area contributed by atoms with Gasteiger partial charge in [-0.25, -0.2) is 23.1 Å². The Morgan fingerprint density at radius 1 is 1.08 bits per heavy atom. The van der Waals surface area contributed by atoms with Crippen molar-refractivity contribution in [1.29, 1.82) is 0 Å². The van der Waals surface area contributed by atoms with E-state index < -0.39 is 10.0 Å². The maximum atomic E-state index is 12.2. The lowest BCUT2D eigenvalue weighted by atomic mass is 10.4. The van der Waals surface area contributed by atoms with Crippen LogP contribution >= 0.6 is 11.6 Å². The van der Waals surface area contributed by atoms with Crippen molar-refractivity contribution < 1.29 is 8.42 Å². The molecule has 0 spiro atoms. The SMILES string of the molecule is CCNc1cc(NCCNS(=O)(=O)c2cccc(Cl)c2)nc(C)n1. The van der Waals surface area contributed by atoms with Crippen molar-refractivity contribution in [2.24, 2.45) is 0 Å². The predicted octanol–water partition coefficient (Wildman–Crippen LogP) is 2.26. The standard InChI is InChI=1S/C15H20ClN5O2S/c1-3-17-14-10-15(21-11(2)20-14)18-7-8-19-24(22,23)13-6-4-5-12(16)9-13/h4-6,9-10,19H,3,7-8H2,1-2H3,(H2,17,18,20,21). The largest absolute Gasteiger partial charge is 0.370 e. The number of hydrogen-bond acceptors (Lipinski definition) is 6. The zero-order chi connectivity index (χ0) is 17.6. The first-order chi connectivity index (χ1) is 11.4. The van der Waals surface area contributed by atoms with Gasteiger partial charge in [-0.15, -0.1) is 0 Å². The van der Waals surface area contributed by atoms with Gasteiger partial charge in [-0.2, -0.15) is 0 Å². The highest BCUT2D eigenvalue weighted by Crippen LogP contribution is 2.15. The van der Waals surface area contributed by atoms with Crippen LogP contribution in [0.5, 0.6) is 0 Å². The number of sulfonamides is 1. The van der Waals surface area contributed by atoms with Crippen LogP contribution in [0.4, 0.5) is 11.6 Å². The molecule has 0 unspecified atom stereocenters. The summed E-state index contributed by atoms with van der Waals surface area (Å²) in [5.41, 5.74) is 0. The summed E-state index contributed by atoms with van der Waals surface area (Å²) in [6.45, 7) is 5.15. The third-order valence-corrected chi connectivity index (χ3v) is 4.72. The highest BCUT2D eigenvalue weighted by molar-refractivity contribution is 7.89. The van der Waals surface area contributed by atoms with Crippen LogP contribution in [0.2, 0.25) is 5.02 Å². The van der Waals surface area contributed by atoms with E-state index in [1.54, 1.807) is 25.1 Å². The van der Waals surface area contributed by atoms with Crippen LogP contribution in [-0.2, 0) is 10.0 Å². The number of halogens is 1. The minimum absolute atomic E-state index is 0.141. The first-order valence-corrected chi connectivity index (χ1v) is 9.35. The lowest BCUT2D eigenvalue weighted by Gasteiger charge is -2.10. The van der Waals surface area contributed by atoms with Gasteiger partial charge in [-0.05, 0) is 32.0 Å². The Morgan fingerprint density at radius 2 is 1.79 bits per heavy atom. The summed E-state index contributed by atoms with van der Waals surface area (Å²) in [7, 11) is -3.58. The average molecular weight is 370 g/mol. The third-order valence-electron chi connectivity index (χ3n) is 3.03. The van der Waals surface area contributed by atoms with Crippen LogP contribution < -0.4 is 15.4 Å². The first-order valence-electron chi connectivity index (χ1n) is 7.49. The molecule has 2 rings (SSSR count). The van der Waals surface area contributed by atoms with Crippen molar-refractivity contribution in [2.45, 2.75) is 18.7 Å². The molecule has 24 heavy (non-hydrogen) atoms. The first kappa shape index (κ1) is 18.4. The Hall–Kier alpha value is -1.90. The summed E-state index contributed by atoms with van der Waals surface area (Å²) in [5.74, 6) is 2.00. The molecule has 7 nitrogen and oxygen atoms in total. The number of rotatable bonds is 8. The molecule has 130 valence electrons. The van der Waals surface area contributed by atoms with Gasteiger partial charge in [0.25, 0.3) is 0 Å². The Bertz CT molecular complexity index is 798. The van der Waals surface area contributed by atoms with Gasteiger partial charge < -0.3 is 10.6 Å². The molecule has 1 heterocycles. The molecule has 3 N–H and O–H groups in total. The molecule has 0 aliphatic rings. The van der Waals surface area contributed by atoms with Crippen molar-refractivity contribution in [1.82, 2.24) is 14.7 Å². The minimum atomic E-state index is -3.58. The molecule has 0 fully saturated rings. The molecule has 0 radical (unpaired) electrons. The van der Waals surface area contributed by atoms with Gasteiger partial charge in [0.2, 0.25) is 10.0 Å². The lowest BCUT2D eigenvalue weighted by Crippen LogP contribution is -2.29. The topological polar surface area (TPSA) is 96.0 Å². The molecule has 0 bridgehead atoms. The van der Waals surface area contributed by atoms with E-state index in [9.17, 15) is 8.42 Å². The second-order valence-corrected chi connectivity index (χ2v) is 7.20. The maximum absolute atomic E-state index is 12.2. The maximum Gasteiger partial charge on any atom is 0.240 e. The van der Waals surface area contributed by atoms with E-state index in [0.29, 0.717) is 23.2 Å². The predicted molar refractivity (Wildman–Crippen MR) is 96.1 cm³/mol. The second kappa shape index (κ2) is 8.27. The summed E-state index contributed by atoms with van der Waals surface area (Å²) in [5, 5.41) is 6.57. The van der Waals surface area contributed by atoms with Gasteiger partial charge in [0, 0.05) is 30.7 Å². The Kier molecular flexibility index (Phi) is 6.36. The number of aryl methyl sites for hydroxylation is 1. The number of hydrogen-bond donors (Lipinski definition) is 3.